The van der Waals surface area contributed by atoms with Crippen LogP contribution in [0.25, 0.3) is 10.9 Å². The molecule has 2 rings (SSSR count). The zero-order valence-corrected chi connectivity index (χ0v) is 11.5. The second-order valence-electron chi connectivity index (χ2n) is 5.83. The largest absolute Gasteiger partial charge is 0.348 e. The van der Waals surface area contributed by atoms with Gasteiger partial charge in [-0.15, -0.1) is 0 Å². The van der Waals surface area contributed by atoms with E-state index in [2.05, 4.69) is 26.1 Å². The van der Waals surface area contributed by atoms with E-state index in [1.807, 2.05) is 23.9 Å². The number of halogens is 1. The zero-order chi connectivity index (χ0) is 13.3. The molecule has 1 aromatic carbocycles. The monoisotopic (exact) mass is 248 g/mol. The molecule has 0 fully saturated rings. The Balaban J connectivity index is 2.22. The number of nitrogens with zero attached hydrogens (tertiary/aromatic N) is 1. The van der Waals surface area contributed by atoms with Crippen molar-refractivity contribution in [1.82, 2.24) is 9.88 Å². The minimum Gasteiger partial charge on any atom is -0.348 e. The van der Waals surface area contributed by atoms with Crippen molar-refractivity contribution in [2.24, 2.45) is 7.05 Å². The van der Waals surface area contributed by atoms with Crippen LogP contribution < -0.4 is 5.32 Å². The Morgan fingerprint density at radius 1 is 1.28 bits per heavy atom. The van der Waals surface area contributed by atoms with E-state index in [1.54, 1.807) is 6.07 Å². The molecule has 98 valence electrons. The molecule has 1 aromatic heterocycles. The third-order valence-corrected chi connectivity index (χ3v) is 3.08. The van der Waals surface area contributed by atoms with Gasteiger partial charge < -0.3 is 9.88 Å². The minimum absolute atomic E-state index is 0.121. The van der Waals surface area contributed by atoms with E-state index in [0.717, 1.165) is 18.4 Å². The Morgan fingerprint density at radius 3 is 2.67 bits per heavy atom. The predicted octanol–water partition coefficient (Wildman–Crippen LogP) is 3.25. The quantitative estimate of drug-likeness (QED) is 0.882. The van der Waals surface area contributed by atoms with Gasteiger partial charge in [0.05, 0.1) is 5.52 Å². The van der Waals surface area contributed by atoms with Crippen molar-refractivity contribution in [3.63, 3.8) is 0 Å². The molecule has 0 saturated heterocycles. The first-order valence-electron chi connectivity index (χ1n) is 6.36. The van der Waals surface area contributed by atoms with Crippen molar-refractivity contribution in [2.75, 3.05) is 6.54 Å². The number of hydrogen-bond donors (Lipinski definition) is 1. The van der Waals surface area contributed by atoms with Gasteiger partial charge in [-0.05, 0) is 45.4 Å². The highest BCUT2D eigenvalue weighted by Crippen LogP contribution is 2.23. The summed E-state index contributed by atoms with van der Waals surface area (Å²) in [6.07, 6.45) is 2.94. The van der Waals surface area contributed by atoms with E-state index >= 15 is 0 Å². The van der Waals surface area contributed by atoms with E-state index < -0.39 is 0 Å². The second kappa shape index (κ2) is 4.73. The molecule has 2 nitrogen and oxygen atoms in total. The van der Waals surface area contributed by atoms with Crippen LogP contribution >= 0.6 is 0 Å². The number of benzene rings is 1. The number of aryl methyl sites for hydroxylation is 1. The maximum absolute atomic E-state index is 13.7. The van der Waals surface area contributed by atoms with Crippen molar-refractivity contribution in [2.45, 2.75) is 32.7 Å². The van der Waals surface area contributed by atoms with E-state index in [0.29, 0.717) is 5.52 Å². The van der Waals surface area contributed by atoms with Crippen LogP contribution in [-0.4, -0.2) is 16.7 Å². The third kappa shape index (κ3) is 2.72. The summed E-state index contributed by atoms with van der Waals surface area (Å²) in [4.78, 5) is 0. The molecule has 3 heteroatoms. The number of nitrogens with one attached hydrogen (secondary N) is 1. The second-order valence-corrected chi connectivity index (χ2v) is 5.83. The molecule has 1 heterocycles. The summed E-state index contributed by atoms with van der Waals surface area (Å²) in [5.74, 6) is -0.148. The fourth-order valence-corrected chi connectivity index (χ4v) is 2.27. The molecule has 0 saturated carbocycles. The van der Waals surface area contributed by atoms with Gasteiger partial charge in [-0.1, -0.05) is 12.1 Å². The summed E-state index contributed by atoms with van der Waals surface area (Å²) < 4.78 is 15.6. The summed E-state index contributed by atoms with van der Waals surface area (Å²) in [5, 5.41) is 4.48. The molecule has 0 atom stereocenters. The maximum Gasteiger partial charge on any atom is 0.147 e. The molecule has 0 aliphatic carbocycles. The van der Waals surface area contributed by atoms with Crippen molar-refractivity contribution < 1.29 is 4.39 Å². The van der Waals surface area contributed by atoms with Gasteiger partial charge in [0.25, 0.3) is 0 Å². The Kier molecular flexibility index (Phi) is 3.44. The fraction of sp³-hybridized carbons (Fsp3) is 0.467. The Labute approximate surface area is 108 Å². The summed E-state index contributed by atoms with van der Waals surface area (Å²) in [6.45, 7) is 7.35. The highest BCUT2D eigenvalue weighted by atomic mass is 19.1. The predicted molar refractivity (Wildman–Crippen MR) is 74.3 cm³/mol. The van der Waals surface area contributed by atoms with Crippen LogP contribution in [0.15, 0.2) is 24.4 Å². The van der Waals surface area contributed by atoms with E-state index in [-0.39, 0.29) is 11.4 Å². The lowest BCUT2D eigenvalue weighted by Crippen LogP contribution is -2.37. The number of fused-ring (bicyclic) bond motifs is 1. The van der Waals surface area contributed by atoms with Crippen molar-refractivity contribution in [1.29, 1.82) is 0 Å². The number of aromatic nitrogens is 1. The van der Waals surface area contributed by atoms with Gasteiger partial charge >= 0.3 is 0 Å². The molecular weight excluding hydrogens is 227 g/mol. The Bertz CT molecular complexity index is 549. The highest BCUT2D eigenvalue weighted by molar-refractivity contribution is 5.84. The van der Waals surface area contributed by atoms with Gasteiger partial charge in [0.2, 0.25) is 0 Å². The first kappa shape index (κ1) is 13.1. The van der Waals surface area contributed by atoms with E-state index in [1.165, 1.54) is 11.6 Å². The SMILES string of the molecule is Cn1cc(CCNC(C)(C)C)c2cccc(F)c21. The lowest BCUT2D eigenvalue weighted by molar-refractivity contribution is 0.430. The standard InChI is InChI=1S/C15H21FN2/c1-15(2,3)17-9-8-11-10-18(4)14-12(11)6-5-7-13(14)16/h5-7,10,17H,8-9H2,1-4H3. The van der Waals surface area contributed by atoms with Gasteiger partial charge in [-0.2, -0.15) is 0 Å². The van der Waals surface area contributed by atoms with Crippen LogP contribution in [0, 0.1) is 5.82 Å². The normalized spacial score (nSPS) is 12.3. The van der Waals surface area contributed by atoms with Gasteiger partial charge in [0.1, 0.15) is 5.82 Å². The molecule has 1 N–H and O–H groups in total. The van der Waals surface area contributed by atoms with E-state index in [9.17, 15) is 4.39 Å². The van der Waals surface area contributed by atoms with Crippen LogP contribution in [0.4, 0.5) is 4.39 Å². The summed E-state index contributed by atoms with van der Waals surface area (Å²) in [5.41, 5.74) is 2.02. The maximum atomic E-state index is 13.7. The third-order valence-electron chi connectivity index (χ3n) is 3.08. The van der Waals surface area contributed by atoms with Gasteiger partial charge in [-0.25, -0.2) is 4.39 Å². The van der Waals surface area contributed by atoms with Crippen LogP contribution in [0.2, 0.25) is 0 Å². The molecule has 0 unspecified atom stereocenters. The van der Waals surface area contributed by atoms with Crippen molar-refractivity contribution >= 4 is 10.9 Å². The fourth-order valence-electron chi connectivity index (χ4n) is 2.27. The number of hydrogen-bond acceptors (Lipinski definition) is 1. The van der Waals surface area contributed by atoms with Crippen molar-refractivity contribution in [3.8, 4) is 0 Å². The van der Waals surface area contributed by atoms with Crippen LogP contribution in [-0.2, 0) is 13.5 Å². The van der Waals surface area contributed by atoms with E-state index in [4.69, 9.17) is 0 Å². The van der Waals surface area contributed by atoms with Crippen LogP contribution in [0.5, 0.6) is 0 Å². The molecule has 0 spiro atoms. The van der Waals surface area contributed by atoms with Gasteiger partial charge in [0, 0.05) is 24.2 Å². The average Bonchev–Trinajstić information content (AvgIpc) is 2.55. The first-order valence-corrected chi connectivity index (χ1v) is 6.36. The van der Waals surface area contributed by atoms with Gasteiger partial charge in [-0.3, -0.25) is 0 Å². The Hall–Kier alpha value is -1.35. The van der Waals surface area contributed by atoms with Crippen LogP contribution in [0.1, 0.15) is 26.3 Å². The summed E-state index contributed by atoms with van der Waals surface area (Å²) >= 11 is 0. The topological polar surface area (TPSA) is 17.0 Å². The molecule has 18 heavy (non-hydrogen) atoms. The molecule has 0 bridgehead atoms. The summed E-state index contributed by atoms with van der Waals surface area (Å²) in [6, 6.07) is 5.28. The Morgan fingerprint density at radius 2 is 2.00 bits per heavy atom. The molecule has 0 aliphatic heterocycles. The molecule has 0 amide bonds. The van der Waals surface area contributed by atoms with Gasteiger partial charge in [0.15, 0.2) is 0 Å². The van der Waals surface area contributed by atoms with Crippen molar-refractivity contribution in [3.05, 3.63) is 35.8 Å². The zero-order valence-electron chi connectivity index (χ0n) is 11.5. The first-order chi connectivity index (χ1) is 8.38. The molecule has 0 aliphatic rings. The molecular formula is C15H21FN2. The molecule has 2 aromatic rings. The van der Waals surface area contributed by atoms with Crippen LogP contribution in [0.3, 0.4) is 0 Å². The smallest absolute Gasteiger partial charge is 0.147 e. The average molecular weight is 248 g/mol. The highest BCUT2D eigenvalue weighted by Gasteiger charge is 2.12. The lowest BCUT2D eigenvalue weighted by atomic mass is 10.1. The number of rotatable bonds is 3. The summed E-state index contributed by atoms with van der Waals surface area (Å²) in [7, 11) is 1.89. The lowest BCUT2D eigenvalue weighted by Gasteiger charge is -2.20. The minimum atomic E-state index is -0.148. The number of para-hydroxylation sites is 1. The molecule has 0 radical (unpaired) electrons.